The maximum atomic E-state index is 5.80. The van der Waals surface area contributed by atoms with Gasteiger partial charge >= 0.3 is 0 Å². The van der Waals surface area contributed by atoms with Gasteiger partial charge in [-0.2, -0.15) is 5.10 Å². The Hall–Kier alpha value is -1.36. The SMILES string of the molecule is CCc1nc(-c2cc(N)cc(Br)c2)n(C)n1. The first-order valence-corrected chi connectivity index (χ1v) is 5.86. The smallest absolute Gasteiger partial charge is 0.158 e. The van der Waals surface area contributed by atoms with Crippen LogP contribution in [0.3, 0.4) is 0 Å². The van der Waals surface area contributed by atoms with Crippen LogP contribution in [0.4, 0.5) is 5.69 Å². The summed E-state index contributed by atoms with van der Waals surface area (Å²) in [4.78, 5) is 4.46. The third-order valence-corrected chi connectivity index (χ3v) is 2.76. The minimum atomic E-state index is 0.713. The highest BCUT2D eigenvalue weighted by Gasteiger charge is 2.09. The van der Waals surface area contributed by atoms with Crippen molar-refractivity contribution in [3.8, 4) is 11.4 Å². The first-order valence-electron chi connectivity index (χ1n) is 5.06. The predicted octanol–water partition coefficient (Wildman–Crippen LogP) is 2.39. The van der Waals surface area contributed by atoms with Crippen molar-refractivity contribution in [2.24, 2.45) is 7.05 Å². The number of anilines is 1. The van der Waals surface area contributed by atoms with E-state index in [1.807, 2.05) is 32.2 Å². The van der Waals surface area contributed by atoms with Crippen molar-refractivity contribution in [3.05, 3.63) is 28.5 Å². The van der Waals surface area contributed by atoms with E-state index < -0.39 is 0 Å². The average Bonchev–Trinajstić information content (AvgIpc) is 2.58. The molecule has 0 spiro atoms. The molecule has 1 heterocycles. The molecule has 4 nitrogen and oxygen atoms in total. The van der Waals surface area contributed by atoms with Crippen LogP contribution < -0.4 is 5.73 Å². The van der Waals surface area contributed by atoms with Crippen LogP contribution in [-0.2, 0) is 13.5 Å². The van der Waals surface area contributed by atoms with Crippen LogP contribution in [0.15, 0.2) is 22.7 Å². The normalized spacial score (nSPS) is 10.7. The number of nitrogens with two attached hydrogens (primary N) is 1. The largest absolute Gasteiger partial charge is 0.399 e. The number of halogens is 1. The van der Waals surface area contributed by atoms with Gasteiger partial charge in [-0.1, -0.05) is 22.9 Å². The molecule has 1 aromatic carbocycles. The lowest BCUT2D eigenvalue weighted by atomic mass is 10.2. The van der Waals surface area contributed by atoms with Crippen molar-refractivity contribution >= 4 is 21.6 Å². The van der Waals surface area contributed by atoms with E-state index in [1.54, 1.807) is 4.68 Å². The summed E-state index contributed by atoms with van der Waals surface area (Å²) in [6.45, 7) is 2.04. The number of benzene rings is 1. The highest BCUT2D eigenvalue weighted by molar-refractivity contribution is 9.10. The van der Waals surface area contributed by atoms with Gasteiger partial charge in [0.1, 0.15) is 0 Å². The molecule has 5 heteroatoms. The van der Waals surface area contributed by atoms with E-state index in [1.165, 1.54) is 0 Å². The monoisotopic (exact) mass is 280 g/mol. The Kier molecular flexibility index (Phi) is 2.96. The lowest BCUT2D eigenvalue weighted by molar-refractivity contribution is 0.752. The average molecular weight is 281 g/mol. The number of aromatic nitrogens is 3. The number of nitrogen functional groups attached to an aromatic ring is 1. The minimum absolute atomic E-state index is 0.713. The molecule has 0 aliphatic rings. The van der Waals surface area contributed by atoms with Gasteiger partial charge in [0.25, 0.3) is 0 Å². The fourth-order valence-electron chi connectivity index (χ4n) is 1.58. The van der Waals surface area contributed by atoms with Gasteiger partial charge in [-0.05, 0) is 18.2 Å². The molecule has 0 bridgehead atoms. The molecule has 0 fully saturated rings. The van der Waals surface area contributed by atoms with E-state index in [-0.39, 0.29) is 0 Å². The van der Waals surface area contributed by atoms with Gasteiger partial charge in [-0.15, -0.1) is 0 Å². The van der Waals surface area contributed by atoms with Crippen molar-refractivity contribution < 1.29 is 0 Å². The molecule has 0 radical (unpaired) electrons. The summed E-state index contributed by atoms with van der Waals surface area (Å²) in [5, 5.41) is 4.31. The summed E-state index contributed by atoms with van der Waals surface area (Å²) in [7, 11) is 1.89. The number of hydrogen-bond donors (Lipinski definition) is 1. The lowest BCUT2D eigenvalue weighted by Crippen LogP contribution is -1.95. The van der Waals surface area contributed by atoms with Crippen molar-refractivity contribution in [1.82, 2.24) is 14.8 Å². The molecule has 0 atom stereocenters. The fraction of sp³-hybridized carbons (Fsp3) is 0.273. The van der Waals surface area contributed by atoms with E-state index in [9.17, 15) is 0 Å². The van der Waals surface area contributed by atoms with Crippen LogP contribution in [0.2, 0.25) is 0 Å². The zero-order valence-corrected chi connectivity index (χ0v) is 10.8. The summed E-state index contributed by atoms with van der Waals surface area (Å²) >= 11 is 3.42. The highest BCUT2D eigenvalue weighted by Crippen LogP contribution is 2.24. The first-order chi connectivity index (χ1) is 7.60. The van der Waals surface area contributed by atoms with Gasteiger partial charge in [-0.3, -0.25) is 0 Å². The molecular weight excluding hydrogens is 268 g/mol. The summed E-state index contributed by atoms with van der Waals surface area (Å²) in [6, 6.07) is 5.74. The molecule has 0 saturated heterocycles. The van der Waals surface area contributed by atoms with Crippen LogP contribution in [0.1, 0.15) is 12.7 Å². The van der Waals surface area contributed by atoms with Gasteiger partial charge in [0.15, 0.2) is 11.6 Å². The predicted molar refractivity (Wildman–Crippen MR) is 67.9 cm³/mol. The van der Waals surface area contributed by atoms with Gasteiger partial charge in [0.2, 0.25) is 0 Å². The maximum absolute atomic E-state index is 5.80. The van der Waals surface area contributed by atoms with E-state index in [0.29, 0.717) is 5.69 Å². The number of aryl methyl sites for hydroxylation is 2. The summed E-state index contributed by atoms with van der Waals surface area (Å²) < 4.78 is 2.73. The standard InChI is InChI=1S/C11H13BrN4/c1-3-10-14-11(16(2)15-10)7-4-8(12)6-9(13)5-7/h4-6H,3,13H2,1-2H3. The zero-order chi connectivity index (χ0) is 11.7. The third-order valence-electron chi connectivity index (χ3n) is 2.30. The van der Waals surface area contributed by atoms with Crippen LogP contribution in [-0.4, -0.2) is 14.8 Å². The van der Waals surface area contributed by atoms with Gasteiger partial charge in [-0.25, -0.2) is 9.67 Å². The maximum Gasteiger partial charge on any atom is 0.158 e. The minimum Gasteiger partial charge on any atom is -0.399 e. The van der Waals surface area contributed by atoms with Crippen molar-refractivity contribution in [3.63, 3.8) is 0 Å². The van der Waals surface area contributed by atoms with Crippen LogP contribution in [0.5, 0.6) is 0 Å². The Morgan fingerprint density at radius 3 is 2.69 bits per heavy atom. The topological polar surface area (TPSA) is 56.7 Å². The Morgan fingerprint density at radius 1 is 1.38 bits per heavy atom. The first kappa shape index (κ1) is 11.1. The second-order valence-electron chi connectivity index (χ2n) is 3.60. The van der Waals surface area contributed by atoms with E-state index in [0.717, 1.165) is 28.1 Å². The number of hydrogen-bond acceptors (Lipinski definition) is 3. The molecule has 0 unspecified atom stereocenters. The van der Waals surface area contributed by atoms with Crippen molar-refractivity contribution in [1.29, 1.82) is 0 Å². The molecule has 1 aromatic heterocycles. The molecule has 16 heavy (non-hydrogen) atoms. The van der Waals surface area contributed by atoms with Crippen LogP contribution in [0.25, 0.3) is 11.4 Å². The second-order valence-corrected chi connectivity index (χ2v) is 4.52. The van der Waals surface area contributed by atoms with E-state index in [2.05, 4.69) is 26.0 Å². The molecule has 2 rings (SSSR count). The second kappa shape index (κ2) is 4.25. The fourth-order valence-corrected chi connectivity index (χ4v) is 2.09. The summed E-state index contributed by atoms with van der Waals surface area (Å²) in [5.41, 5.74) is 7.49. The highest BCUT2D eigenvalue weighted by atomic mass is 79.9. The van der Waals surface area contributed by atoms with Gasteiger partial charge in [0.05, 0.1) is 0 Å². The van der Waals surface area contributed by atoms with Crippen molar-refractivity contribution in [2.45, 2.75) is 13.3 Å². The Labute approximate surface area is 103 Å². The number of nitrogens with zero attached hydrogens (tertiary/aromatic N) is 3. The Morgan fingerprint density at radius 2 is 2.12 bits per heavy atom. The quantitative estimate of drug-likeness (QED) is 0.860. The molecule has 0 aliphatic heterocycles. The molecule has 0 aliphatic carbocycles. The summed E-state index contributed by atoms with van der Waals surface area (Å²) in [5.74, 6) is 1.68. The number of rotatable bonds is 2. The molecule has 0 amide bonds. The molecule has 2 aromatic rings. The van der Waals surface area contributed by atoms with Gasteiger partial charge < -0.3 is 5.73 Å². The Balaban J connectivity index is 2.53. The van der Waals surface area contributed by atoms with Crippen molar-refractivity contribution in [2.75, 3.05) is 5.73 Å². The zero-order valence-electron chi connectivity index (χ0n) is 9.24. The third kappa shape index (κ3) is 2.09. The molecular formula is C11H13BrN4. The Bertz CT molecular complexity index is 498. The lowest BCUT2D eigenvalue weighted by Gasteiger charge is -2.02. The van der Waals surface area contributed by atoms with Gasteiger partial charge in [0, 0.05) is 29.2 Å². The van der Waals surface area contributed by atoms with Crippen LogP contribution in [0, 0.1) is 0 Å². The van der Waals surface area contributed by atoms with E-state index in [4.69, 9.17) is 5.73 Å². The summed E-state index contributed by atoms with van der Waals surface area (Å²) in [6.07, 6.45) is 0.831. The van der Waals surface area contributed by atoms with Crippen LogP contribution >= 0.6 is 15.9 Å². The molecule has 84 valence electrons. The molecule has 2 N–H and O–H groups in total. The molecule has 0 saturated carbocycles. The van der Waals surface area contributed by atoms with E-state index >= 15 is 0 Å².